The quantitative estimate of drug-likeness (QED) is 0.708. The van der Waals surface area contributed by atoms with Crippen LogP contribution in [0.2, 0.25) is 0 Å². The van der Waals surface area contributed by atoms with Crippen molar-refractivity contribution in [3.05, 3.63) is 17.0 Å². The zero-order valence-electron chi connectivity index (χ0n) is 11.9. The van der Waals surface area contributed by atoms with Gasteiger partial charge in [0.25, 0.3) is 5.91 Å². The molecule has 0 atom stereocenters. The number of thiophene rings is 1. The Balaban J connectivity index is 2.21. The topological polar surface area (TPSA) is 127 Å². The van der Waals surface area contributed by atoms with Crippen LogP contribution >= 0.6 is 11.3 Å². The molecule has 0 bridgehead atoms. The second kappa shape index (κ2) is 6.35. The minimum absolute atomic E-state index is 0.110. The molecule has 1 fully saturated rings. The Morgan fingerprint density at radius 1 is 1.23 bits per heavy atom. The van der Waals surface area contributed by atoms with Crippen LogP contribution in [0, 0.1) is 0 Å². The number of hydrogen-bond acceptors (Lipinski definition) is 5. The van der Waals surface area contributed by atoms with Crippen molar-refractivity contribution in [3.8, 4) is 0 Å². The minimum Gasteiger partial charge on any atom is -0.480 e. The Hall–Kier alpha value is -1.45. The molecule has 1 aromatic heterocycles. The van der Waals surface area contributed by atoms with E-state index in [0.717, 1.165) is 37.0 Å². The van der Waals surface area contributed by atoms with E-state index in [1.807, 2.05) is 0 Å². The van der Waals surface area contributed by atoms with E-state index < -0.39 is 27.4 Å². The van der Waals surface area contributed by atoms with Crippen molar-refractivity contribution in [2.75, 3.05) is 0 Å². The molecule has 4 N–H and O–H groups in total. The lowest BCUT2D eigenvalue weighted by Gasteiger charge is -2.29. The number of primary sulfonamides is 1. The summed E-state index contributed by atoms with van der Waals surface area (Å²) >= 11 is 0.837. The molecular formula is C13H18N2O5S2. The molecule has 1 amide bonds. The standard InChI is InChI=1S/C13H18N2O5S2/c14-22(19,20)10-7-9(8-21-10)11(16)15-13(12(17)18)5-3-1-2-4-6-13/h7-8H,1-6H2,(H,15,16)(H,17,18)(H2,14,19,20). The Morgan fingerprint density at radius 2 is 1.82 bits per heavy atom. The molecule has 122 valence electrons. The number of sulfonamides is 1. The maximum Gasteiger partial charge on any atom is 0.329 e. The molecule has 2 rings (SSSR count). The molecule has 0 spiro atoms. The predicted octanol–water partition coefficient (Wildman–Crippen LogP) is 1.30. The molecule has 0 unspecified atom stereocenters. The second-order valence-electron chi connectivity index (χ2n) is 5.46. The van der Waals surface area contributed by atoms with E-state index in [-0.39, 0.29) is 9.77 Å². The normalized spacial score (nSPS) is 18.4. The van der Waals surface area contributed by atoms with Gasteiger partial charge >= 0.3 is 5.97 Å². The van der Waals surface area contributed by atoms with Crippen LogP contribution in [0.25, 0.3) is 0 Å². The van der Waals surface area contributed by atoms with Crippen LogP contribution in [0.1, 0.15) is 48.9 Å². The predicted molar refractivity (Wildman–Crippen MR) is 81.2 cm³/mol. The summed E-state index contributed by atoms with van der Waals surface area (Å²) in [5.74, 6) is -1.64. The van der Waals surface area contributed by atoms with E-state index >= 15 is 0 Å². The number of aliphatic carboxylic acids is 1. The largest absolute Gasteiger partial charge is 0.480 e. The Bertz CT molecular complexity index is 672. The highest BCUT2D eigenvalue weighted by Crippen LogP contribution is 2.28. The fourth-order valence-electron chi connectivity index (χ4n) is 2.60. The van der Waals surface area contributed by atoms with Gasteiger partial charge in [-0.3, -0.25) is 4.79 Å². The van der Waals surface area contributed by atoms with E-state index in [1.165, 1.54) is 11.4 Å². The summed E-state index contributed by atoms with van der Waals surface area (Å²) < 4.78 is 22.4. The summed E-state index contributed by atoms with van der Waals surface area (Å²) in [7, 11) is -3.86. The van der Waals surface area contributed by atoms with Crippen molar-refractivity contribution in [3.63, 3.8) is 0 Å². The van der Waals surface area contributed by atoms with Gasteiger partial charge in [0.15, 0.2) is 0 Å². The molecule has 1 heterocycles. The smallest absolute Gasteiger partial charge is 0.329 e. The highest BCUT2D eigenvalue weighted by atomic mass is 32.2. The summed E-state index contributed by atoms with van der Waals surface area (Å²) in [4.78, 5) is 23.9. The van der Waals surface area contributed by atoms with Crippen LogP contribution in [0.4, 0.5) is 0 Å². The lowest BCUT2D eigenvalue weighted by atomic mass is 9.90. The Morgan fingerprint density at radius 3 is 2.27 bits per heavy atom. The molecule has 1 aliphatic carbocycles. The van der Waals surface area contributed by atoms with E-state index in [9.17, 15) is 23.1 Å². The summed E-state index contributed by atoms with van der Waals surface area (Å²) in [6.45, 7) is 0. The van der Waals surface area contributed by atoms with Crippen LogP contribution < -0.4 is 10.5 Å². The molecular weight excluding hydrogens is 328 g/mol. The molecule has 22 heavy (non-hydrogen) atoms. The van der Waals surface area contributed by atoms with Crippen LogP contribution in [0.3, 0.4) is 0 Å². The maximum absolute atomic E-state index is 12.3. The minimum atomic E-state index is -3.86. The number of carboxylic acid groups (broad SMARTS) is 1. The fourth-order valence-corrected chi connectivity index (χ4v) is 4.18. The molecule has 0 saturated heterocycles. The monoisotopic (exact) mass is 346 g/mol. The average molecular weight is 346 g/mol. The van der Waals surface area contributed by atoms with Crippen LogP contribution in [0.5, 0.6) is 0 Å². The lowest BCUT2D eigenvalue weighted by Crippen LogP contribution is -2.54. The van der Waals surface area contributed by atoms with Gasteiger partial charge in [0.2, 0.25) is 10.0 Å². The van der Waals surface area contributed by atoms with Crippen molar-refractivity contribution in [2.45, 2.75) is 48.3 Å². The van der Waals surface area contributed by atoms with Gasteiger partial charge < -0.3 is 10.4 Å². The zero-order valence-corrected chi connectivity index (χ0v) is 13.5. The summed E-state index contributed by atoms with van der Waals surface area (Å²) in [6, 6.07) is 1.17. The third kappa shape index (κ3) is 3.65. The number of rotatable bonds is 4. The number of hydrogen-bond donors (Lipinski definition) is 3. The Labute approximate surface area is 132 Å². The van der Waals surface area contributed by atoms with E-state index in [2.05, 4.69) is 5.32 Å². The molecule has 1 saturated carbocycles. The van der Waals surface area contributed by atoms with Crippen molar-refractivity contribution in [1.82, 2.24) is 5.32 Å². The van der Waals surface area contributed by atoms with Gasteiger partial charge in [-0.2, -0.15) is 0 Å². The SMILES string of the molecule is NS(=O)(=O)c1cc(C(=O)NC2(C(=O)O)CCCCCC2)cs1. The average Bonchev–Trinajstić information content (AvgIpc) is 2.81. The van der Waals surface area contributed by atoms with E-state index in [1.54, 1.807) is 0 Å². The zero-order chi connectivity index (χ0) is 16.4. The molecule has 1 aromatic rings. The fraction of sp³-hybridized carbons (Fsp3) is 0.538. The third-order valence-corrected chi connectivity index (χ3v) is 6.22. The number of carbonyl (C=O) groups is 2. The number of amides is 1. The van der Waals surface area contributed by atoms with Crippen LogP contribution in [0.15, 0.2) is 15.7 Å². The third-order valence-electron chi connectivity index (χ3n) is 3.84. The van der Waals surface area contributed by atoms with Crippen LogP contribution in [-0.4, -0.2) is 30.9 Å². The van der Waals surface area contributed by atoms with Gasteiger partial charge in [-0.25, -0.2) is 18.4 Å². The number of carboxylic acids is 1. The van der Waals surface area contributed by atoms with Crippen molar-refractivity contribution >= 4 is 33.2 Å². The molecule has 1 aliphatic rings. The first kappa shape index (κ1) is 16.9. The number of nitrogens with one attached hydrogen (secondary N) is 1. The van der Waals surface area contributed by atoms with Gasteiger partial charge in [0.05, 0.1) is 5.56 Å². The summed E-state index contributed by atoms with van der Waals surface area (Å²) in [6.07, 6.45) is 4.11. The molecule has 9 heteroatoms. The maximum atomic E-state index is 12.3. The number of nitrogens with two attached hydrogens (primary N) is 1. The van der Waals surface area contributed by atoms with Crippen molar-refractivity contribution in [2.24, 2.45) is 5.14 Å². The molecule has 7 nitrogen and oxygen atoms in total. The van der Waals surface area contributed by atoms with Gasteiger partial charge in [-0.1, -0.05) is 25.7 Å². The van der Waals surface area contributed by atoms with E-state index in [4.69, 9.17) is 5.14 Å². The van der Waals surface area contributed by atoms with E-state index in [0.29, 0.717) is 12.8 Å². The molecule has 0 aromatic carbocycles. The van der Waals surface area contributed by atoms with Crippen LogP contribution in [-0.2, 0) is 14.8 Å². The van der Waals surface area contributed by atoms with Crippen molar-refractivity contribution in [1.29, 1.82) is 0 Å². The van der Waals surface area contributed by atoms with Gasteiger partial charge in [-0.15, -0.1) is 11.3 Å². The highest BCUT2D eigenvalue weighted by molar-refractivity contribution is 7.91. The summed E-state index contributed by atoms with van der Waals surface area (Å²) in [5.41, 5.74) is -1.17. The van der Waals surface area contributed by atoms with Gasteiger partial charge in [0.1, 0.15) is 9.75 Å². The first-order chi connectivity index (χ1) is 10.2. The van der Waals surface area contributed by atoms with Crippen molar-refractivity contribution < 1.29 is 23.1 Å². The first-order valence-electron chi connectivity index (χ1n) is 6.92. The summed E-state index contributed by atoms with van der Waals surface area (Å²) in [5, 5.41) is 18.5. The second-order valence-corrected chi connectivity index (χ2v) is 8.15. The van der Waals surface area contributed by atoms with Gasteiger partial charge in [-0.05, 0) is 18.9 Å². The molecule has 0 radical (unpaired) electrons. The number of carbonyl (C=O) groups excluding carboxylic acids is 1. The highest BCUT2D eigenvalue weighted by Gasteiger charge is 2.40. The Kier molecular flexibility index (Phi) is 4.88. The van der Waals surface area contributed by atoms with Gasteiger partial charge in [0, 0.05) is 5.38 Å². The lowest BCUT2D eigenvalue weighted by molar-refractivity contribution is -0.145. The molecule has 0 aliphatic heterocycles. The first-order valence-corrected chi connectivity index (χ1v) is 9.34.